The number of anilines is 1. The van der Waals surface area contributed by atoms with Crippen LogP contribution >= 0.6 is 0 Å². The van der Waals surface area contributed by atoms with E-state index in [-0.39, 0.29) is 62.1 Å². The number of aryl methyl sites for hydroxylation is 1. The summed E-state index contributed by atoms with van der Waals surface area (Å²) in [5.74, 6) is 0.0861. The topological polar surface area (TPSA) is 239 Å². The number of likely N-dealkylation sites (tertiary alicyclic amines) is 1. The minimum absolute atomic E-state index is 0.0271. The molecule has 436 valence electrons. The first-order chi connectivity index (χ1) is 39.3. The smallest absolute Gasteiger partial charge is 0.329 e. The molecular formula is C61H78N6O14. The lowest BCUT2D eigenvalue weighted by Crippen LogP contribution is -2.52. The van der Waals surface area contributed by atoms with Gasteiger partial charge in [-0.05, 0) is 123 Å². The first-order valence-corrected chi connectivity index (χ1v) is 28.1. The minimum atomic E-state index is -0.812. The van der Waals surface area contributed by atoms with Crippen molar-refractivity contribution in [3.8, 4) is 34.5 Å². The molecular weight excluding hydrogens is 1040 g/mol. The average Bonchev–Trinajstić information content (AvgIpc) is 3.96. The van der Waals surface area contributed by atoms with Crippen LogP contribution in [0, 0.1) is 0 Å². The van der Waals surface area contributed by atoms with Crippen LogP contribution in [0.3, 0.4) is 0 Å². The van der Waals surface area contributed by atoms with Gasteiger partial charge in [-0.1, -0.05) is 56.9 Å². The van der Waals surface area contributed by atoms with Crippen molar-refractivity contribution in [2.45, 2.75) is 127 Å². The summed E-state index contributed by atoms with van der Waals surface area (Å²) >= 11 is 0. The van der Waals surface area contributed by atoms with Crippen molar-refractivity contribution in [3.63, 3.8) is 0 Å². The number of unbranched alkanes of at least 4 members (excludes halogenated alkanes) is 5. The molecule has 81 heavy (non-hydrogen) atoms. The summed E-state index contributed by atoms with van der Waals surface area (Å²) in [4.78, 5) is 95.0. The lowest BCUT2D eigenvalue weighted by atomic mass is 9.91. The second kappa shape index (κ2) is 30.0. The number of esters is 1. The van der Waals surface area contributed by atoms with Crippen molar-refractivity contribution in [2.75, 3.05) is 73.7 Å². The van der Waals surface area contributed by atoms with E-state index in [4.69, 9.17) is 33.2 Å². The molecule has 3 aliphatic rings. The van der Waals surface area contributed by atoms with Crippen LogP contribution < -0.4 is 49.7 Å². The van der Waals surface area contributed by atoms with Crippen molar-refractivity contribution in [3.05, 3.63) is 101 Å². The van der Waals surface area contributed by atoms with E-state index in [9.17, 15) is 33.6 Å². The third-order valence-corrected chi connectivity index (χ3v) is 15.1. The quantitative estimate of drug-likeness (QED) is 0.0227. The number of benzene rings is 4. The molecule has 0 radical (unpaired) electrons. The fourth-order valence-corrected chi connectivity index (χ4v) is 10.7. The minimum Gasteiger partial charge on any atom is -0.493 e. The number of hydrogen-bond acceptors (Lipinski definition) is 15. The Morgan fingerprint density at radius 3 is 2.09 bits per heavy atom. The van der Waals surface area contributed by atoms with Crippen LogP contribution in [0.4, 0.5) is 5.69 Å². The predicted molar refractivity (Wildman–Crippen MR) is 302 cm³/mol. The lowest BCUT2D eigenvalue weighted by molar-refractivity contribution is -0.162. The van der Waals surface area contributed by atoms with Crippen LogP contribution in [0.25, 0.3) is 0 Å². The molecule has 4 aromatic carbocycles. The molecule has 3 aliphatic heterocycles. The molecule has 0 spiro atoms. The maximum Gasteiger partial charge on any atom is 0.329 e. The van der Waals surface area contributed by atoms with E-state index in [1.807, 2.05) is 31.2 Å². The van der Waals surface area contributed by atoms with Gasteiger partial charge in [0.15, 0.2) is 29.6 Å². The molecule has 0 aliphatic carbocycles. The van der Waals surface area contributed by atoms with Crippen LogP contribution in [-0.2, 0) is 46.5 Å². The number of imide groups is 1. The summed E-state index contributed by atoms with van der Waals surface area (Å²) in [7, 11) is 7.73. The first-order valence-electron chi connectivity index (χ1n) is 28.1. The van der Waals surface area contributed by atoms with Crippen LogP contribution in [-0.4, -0.2) is 132 Å². The van der Waals surface area contributed by atoms with Crippen molar-refractivity contribution < 1.29 is 66.7 Å². The number of piperidine rings is 2. The monoisotopic (exact) mass is 1120 g/mol. The largest absolute Gasteiger partial charge is 0.493 e. The first kappa shape index (κ1) is 60.6. The van der Waals surface area contributed by atoms with Gasteiger partial charge in [0.25, 0.3) is 11.8 Å². The number of ether oxygens (including phenoxy) is 7. The van der Waals surface area contributed by atoms with Gasteiger partial charge in [-0.15, -0.1) is 0 Å². The van der Waals surface area contributed by atoms with Gasteiger partial charge >= 0.3 is 5.97 Å². The number of nitrogens with zero attached hydrogens (tertiary/aromatic N) is 2. The SMILES string of the molecule is CC[C@H](C(=O)N1CCCC[C@H]1C(=O)O[C@H](CCc1ccc(OC)c(OC)c1)c1cccc(OCC(=O)NCCCCCCCCNC(=O)CNc2cccc3c2CN(C2CCC(=O)NC2=O)C3=O)c1)c1cc(OC)c(OC)c(OC)c1. The maximum absolute atomic E-state index is 14.5. The number of hydrogen-bond donors (Lipinski definition) is 4. The highest BCUT2D eigenvalue weighted by Crippen LogP contribution is 2.42. The number of fused-ring (bicyclic) bond motifs is 1. The van der Waals surface area contributed by atoms with E-state index in [1.54, 1.807) is 67.7 Å². The Kier molecular flexibility index (Phi) is 22.4. The summed E-state index contributed by atoms with van der Waals surface area (Å²) in [6.07, 6.45) is 8.45. The number of carbonyl (C=O) groups excluding carboxylic acids is 7. The molecule has 0 bridgehead atoms. The summed E-state index contributed by atoms with van der Waals surface area (Å²) in [5, 5.41) is 11.3. The van der Waals surface area contributed by atoms with E-state index in [0.29, 0.717) is 102 Å². The second-order valence-corrected chi connectivity index (χ2v) is 20.4. The number of nitrogens with one attached hydrogen (secondary N) is 4. The van der Waals surface area contributed by atoms with Crippen LogP contribution in [0.2, 0.25) is 0 Å². The maximum atomic E-state index is 14.5. The Hall–Kier alpha value is -8.03. The van der Waals surface area contributed by atoms with Gasteiger partial charge in [0.05, 0.1) is 48.0 Å². The number of carbonyl (C=O) groups is 7. The summed E-state index contributed by atoms with van der Waals surface area (Å²) in [6, 6.07) is 20.1. The highest BCUT2D eigenvalue weighted by molar-refractivity contribution is 6.06. The molecule has 20 heteroatoms. The molecule has 0 saturated carbocycles. The van der Waals surface area contributed by atoms with Crippen molar-refractivity contribution >= 4 is 47.1 Å². The van der Waals surface area contributed by atoms with Gasteiger partial charge in [-0.3, -0.25) is 34.1 Å². The van der Waals surface area contributed by atoms with Gasteiger partial charge in [-0.2, -0.15) is 0 Å². The van der Waals surface area contributed by atoms with Crippen molar-refractivity contribution in [1.82, 2.24) is 25.8 Å². The standard InChI is InChI=1S/C61H78N6O14/c1-7-43(41-34-52(77-4)57(79-6)53(35-41)78-5)59(72)66-31-15-12-22-48(66)61(74)81-49(26-23-39-24-27-50(75-2)51(32-39)76-3)40-18-16-19-42(33-40)80-38-56(70)63-30-14-11-9-8-10-13-29-62-55(69)36-64-46-21-17-20-44-45(46)37-67(60(44)73)47-25-28-54(68)65-58(47)71/h16-21,24,27,32-35,43,47-49,64H,7-15,22-23,25-26,28-31,36-38H2,1-6H3,(H,62,69)(H,63,70)(H,65,68,71)/t43-,47?,48-,49+/m0/s1. The van der Waals surface area contributed by atoms with E-state index in [2.05, 4.69) is 21.3 Å². The molecule has 6 amide bonds. The highest BCUT2D eigenvalue weighted by atomic mass is 16.5. The zero-order valence-electron chi connectivity index (χ0n) is 47.5. The second-order valence-electron chi connectivity index (χ2n) is 20.4. The molecule has 7 rings (SSSR count). The predicted octanol–water partition coefficient (Wildman–Crippen LogP) is 7.35. The molecule has 2 fully saturated rings. The van der Waals surface area contributed by atoms with Gasteiger partial charge in [0, 0.05) is 49.4 Å². The zero-order chi connectivity index (χ0) is 57.8. The summed E-state index contributed by atoms with van der Waals surface area (Å²) in [5.41, 5.74) is 4.15. The third kappa shape index (κ3) is 15.9. The van der Waals surface area contributed by atoms with Crippen LogP contribution in [0.5, 0.6) is 34.5 Å². The van der Waals surface area contributed by atoms with E-state index >= 15 is 0 Å². The number of amides is 6. The molecule has 2 saturated heterocycles. The highest BCUT2D eigenvalue weighted by Gasteiger charge is 2.41. The normalized spacial score (nSPS) is 16.5. The zero-order valence-corrected chi connectivity index (χ0v) is 47.5. The molecule has 0 aromatic heterocycles. The van der Waals surface area contributed by atoms with Crippen molar-refractivity contribution in [2.24, 2.45) is 0 Å². The molecule has 3 heterocycles. The van der Waals surface area contributed by atoms with Gasteiger partial charge in [-0.25, -0.2) is 4.79 Å². The van der Waals surface area contributed by atoms with E-state index in [1.165, 1.54) is 26.2 Å². The summed E-state index contributed by atoms with van der Waals surface area (Å²) in [6.45, 7) is 3.39. The average molecular weight is 1120 g/mol. The van der Waals surface area contributed by atoms with Crippen molar-refractivity contribution in [1.29, 1.82) is 0 Å². The summed E-state index contributed by atoms with van der Waals surface area (Å²) < 4.78 is 40.2. The number of rotatable bonds is 30. The molecule has 4 atom stereocenters. The Morgan fingerprint density at radius 2 is 1.41 bits per heavy atom. The van der Waals surface area contributed by atoms with E-state index < -0.39 is 36.0 Å². The van der Waals surface area contributed by atoms with E-state index in [0.717, 1.165) is 62.5 Å². The van der Waals surface area contributed by atoms with Gasteiger partial charge in [0.1, 0.15) is 23.9 Å². The molecule has 1 unspecified atom stereocenters. The van der Waals surface area contributed by atoms with Crippen LogP contribution in [0.1, 0.15) is 135 Å². The lowest BCUT2D eigenvalue weighted by Gasteiger charge is -2.37. The molecule has 4 N–H and O–H groups in total. The van der Waals surface area contributed by atoms with Crippen LogP contribution in [0.15, 0.2) is 72.8 Å². The Labute approximate surface area is 474 Å². The fourth-order valence-electron chi connectivity index (χ4n) is 10.7. The van der Waals surface area contributed by atoms with Gasteiger partial charge in [0.2, 0.25) is 29.4 Å². The molecule has 4 aromatic rings. The molecule has 20 nitrogen and oxygen atoms in total. The van der Waals surface area contributed by atoms with Gasteiger partial charge < -0.3 is 58.9 Å². The fraction of sp³-hybridized carbons (Fsp3) is 0.492. The number of methoxy groups -OCH3 is 5. The third-order valence-electron chi connectivity index (χ3n) is 15.1. The Bertz CT molecular complexity index is 2830. The Morgan fingerprint density at radius 1 is 0.716 bits per heavy atom. The Balaban J connectivity index is 0.851.